The number of aromatic carboxylic acids is 1. The van der Waals surface area contributed by atoms with Gasteiger partial charge in [-0.25, -0.2) is 9.18 Å². The molecule has 1 aromatic carbocycles. The van der Waals surface area contributed by atoms with Crippen molar-refractivity contribution in [1.82, 2.24) is 0 Å². The van der Waals surface area contributed by atoms with Crippen LogP contribution in [0.2, 0.25) is 0 Å². The van der Waals surface area contributed by atoms with E-state index < -0.39 is 29.6 Å². The van der Waals surface area contributed by atoms with Gasteiger partial charge in [-0.15, -0.1) is 11.3 Å². The summed E-state index contributed by atoms with van der Waals surface area (Å²) < 4.78 is 51.1. The van der Waals surface area contributed by atoms with Crippen LogP contribution in [0.4, 0.5) is 17.6 Å². The summed E-state index contributed by atoms with van der Waals surface area (Å²) in [6, 6.07) is 3.29. The highest BCUT2D eigenvalue weighted by Gasteiger charge is 2.35. The molecule has 3 nitrogen and oxygen atoms in total. The Morgan fingerprint density at radius 3 is 2.48 bits per heavy atom. The maximum Gasteiger partial charge on any atom is 0.419 e. The van der Waals surface area contributed by atoms with Crippen molar-refractivity contribution >= 4 is 17.3 Å². The molecule has 21 heavy (non-hydrogen) atoms. The van der Waals surface area contributed by atoms with Crippen molar-refractivity contribution in [2.45, 2.75) is 12.3 Å². The van der Waals surface area contributed by atoms with Crippen molar-refractivity contribution in [1.29, 1.82) is 0 Å². The summed E-state index contributed by atoms with van der Waals surface area (Å²) in [5.74, 6) is -2.76. The summed E-state index contributed by atoms with van der Waals surface area (Å²) in [6.45, 7) is 0. The summed E-state index contributed by atoms with van der Waals surface area (Å²) in [6.07, 6.45) is -6.47. The van der Waals surface area contributed by atoms with Gasteiger partial charge in [0.15, 0.2) is 0 Å². The number of thiophene rings is 1. The van der Waals surface area contributed by atoms with Gasteiger partial charge >= 0.3 is 12.1 Å². The van der Waals surface area contributed by atoms with Crippen molar-refractivity contribution in [3.63, 3.8) is 0 Å². The van der Waals surface area contributed by atoms with Gasteiger partial charge in [-0.2, -0.15) is 13.2 Å². The summed E-state index contributed by atoms with van der Waals surface area (Å²) >= 11 is 0.893. The number of aliphatic hydroxyl groups excluding tert-OH is 1. The second kappa shape index (κ2) is 5.45. The maximum absolute atomic E-state index is 13.2. The minimum absolute atomic E-state index is 0.0118. The monoisotopic (exact) mass is 320 g/mol. The lowest BCUT2D eigenvalue weighted by atomic mass is 10.0. The van der Waals surface area contributed by atoms with E-state index in [0.29, 0.717) is 12.1 Å². The molecule has 0 aliphatic heterocycles. The molecule has 0 radical (unpaired) electrons. The predicted molar refractivity (Wildman–Crippen MR) is 66.7 cm³/mol. The van der Waals surface area contributed by atoms with Crippen molar-refractivity contribution in [2.75, 3.05) is 0 Å². The Labute approximate surface area is 120 Å². The number of hydrogen-bond donors (Lipinski definition) is 2. The molecule has 0 aliphatic carbocycles. The lowest BCUT2D eigenvalue weighted by molar-refractivity contribution is -0.140. The molecule has 0 amide bonds. The summed E-state index contributed by atoms with van der Waals surface area (Å²) in [5.41, 5.74) is -1.94. The molecule has 1 aromatic heterocycles. The smallest absolute Gasteiger partial charge is 0.419 e. The molecule has 0 spiro atoms. The van der Waals surface area contributed by atoms with E-state index in [-0.39, 0.29) is 16.0 Å². The van der Waals surface area contributed by atoms with Gasteiger partial charge in [0, 0.05) is 0 Å². The first-order valence-corrected chi connectivity index (χ1v) is 6.45. The standard InChI is InChI=1S/C13H8F4O3S/c14-9-2-1-6(5-8(9)13(15,16)17)10(18)11-7(12(19)20)3-4-21-11/h1-5,10,18H,(H,19,20). The second-order valence-corrected chi connectivity index (χ2v) is 5.09. The predicted octanol–water partition coefficient (Wildman–Crippen LogP) is 3.69. The Morgan fingerprint density at radius 1 is 1.24 bits per heavy atom. The first-order valence-electron chi connectivity index (χ1n) is 5.57. The average Bonchev–Trinajstić information content (AvgIpc) is 2.86. The Balaban J connectivity index is 2.47. The maximum atomic E-state index is 13.2. The first kappa shape index (κ1) is 15.5. The molecule has 2 rings (SSSR count). The molecule has 1 unspecified atom stereocenters. The van der Waals surface area contributed by atoms with Gasteiger partial charge in [0.25, 0.3) is 0 Å². The summed E-state index contributed by atoms with van der Waals surface area (Å²) in [4.78, 5) is 10.9. The van der Waals surface area contributed by atoms with E-state index in [1.807, 2.05) is 0 Å². The molecular weight excluding hydrogens is 312 g/mol. The van der Waals surface area contributed by atoms with Gasteiger partial charge in [-0.1, -0.05) is 6.07 Å². The number of halogens is 4. The van der Waals surface area contributed by atoms with Crippen LogP contribution in [0.1, 0.15) is 32.5 Å². The van der Waals surface area contributed by atoms with Crippen LogP contribution in [0.5, 0.6) is 0 Å². The average molecular weight is 320 g/mol. The Hall–Kier alpha value is -1.93. The van der Waals surface area contributed by atoms with Crippen molar-refractivity contribution in [2.24, 2.45) is 0 Å². The Kier molecular flexibility index (Phi) is 4.02. The van der Waals surface area contributed by atoms with Gasteiger partial charge in [0.1, 0.15) is 11.9 Å². The van der Waals surface area contributed by atoms with E-state index in [1.54, 1.807) is 0 Å². The number of alkyl halides is 3. The zero-order chi connectivity index (χ0) is 15.8. The van der Waals surface area contributed by atoms with Gasteiger partial charge in [0.2, 0.25) is 0 Å². The molecule has 0 saturated carbocycles. The molecule has 8 heteroatoms. The minimum Gasteiger partial charge on any atom is -0.478 e. The van der Waals surface area contributed by atoms with Crippen LogP contribution in [0, 0.1) is 5.82 Å². The van der Waals surface area contributed by atoms with Crippen LogP contribution in [-0.4, -0.2) is 16.2 Å². The van der Waals surface area contributed by atoms with E-state index in [9.17, 15) is 27.5 Å². The Morgan fingerprint density at radius 2 is 1.90 bits per heavy atom. The zero-order valence-electron chi connectivity index (χ0n) is 10.2. The number of hydrogen-bond acceptors (Lipinski definition) is 3. The molecule has 2 aromatic rings. The highest BCUT2D eigenvalue weighted by Crippen LogP contribution is 2.35. The lowest BCUT2D eigenvalue weighted by Gasteiger charge is -2.14. The molecule has 2 N–H and O–H groups in total. The number of benzene rings is 1. The third kappa shape index (κ3) is 3.06. The number of carboxylic acids is 1. The van der Waals surface area contributed by atoms with E-state index in [0.717, 1.165) is 17.4 Å². The van der Waals surface area contributed by atoms with E-state index in [4.69, 9.17) is 5.11 Å². The quantitative estimate of drug-likeness (QED) is 0.848. The molecule has 1 atom stereocenters. The molecule has 0 aliphatic rings. The third-order valence-corrected chi connectivity index (χ3v) is 3.75. The molecular formula is C13H8F4O3S. The fourth-order valence-electron chi connectivity index (χ4n) is 1.79. The third-order valence-electron chi connectivity index (χ3n) is 2.79. The fraction of sp³-hybridized carbons (Fsp3) is 0.154. The lowest BCUT2D eigenvalue weighted by Crippen LogP contribution is -2.11. The fourth-order valence-corrected chi connectivity index (χ4v) is 2.69. The number of rotatable bonds is 3. The number of carbonyl (C=O) groups is 1. The number of aliphatic hydroxyl groups is 1. The van der Waals surface area contributed by atoms with Crippen molar-refractivity contribution in [3.05, 3.63) is 57.0 Å². The molecule has 1 heterocycles. The largest absolute Gasteiger partial charge is 0.478 e. The Bertz CT molecular complexity index is 678. The van der Waals surface area contributed by atoms with Crippen LogP contribution >= 0.6 is 11.3 Å². The SMILES string of the molecule is O=C(O)c1ccsc1C(O)c1ccc(F)c(C(F)(F)F)c1. The van der Waals surface area contributed by atoms with Gasteiger partial charge < -0.3 is 10.2 Å². The zero-order valence-corrected chi connectivity index (χ0v) is 11.0. The van der Waals surface area contributed by atoms with Crippen molar-refractivity contribution in [3.8, 4) is 0 Å². The van der Waals surface area contributed by atoms with E-state index >= 15 is 0 Å². The molecule has 0 bridgehead atoms. The summed E-state index contributed by atoms with van der Waals surface area (Å²) in [5, 5.41) is 20.4. The van der Waals surface area contributed by atoms with Crippen LogP contribution in [0.3, 0.4) is 0 Å². The molecule has 0 saturated heterocycles. The van der Waals surface area contributed by atoms with E-state index in [1.165, 1.54) is 11.4 Å². The van der Waals surface area contributed by atoms with Crippen LogP contribution in [-0.2, 0) is 6.18 Å². The highest BCUT2D eigenvalue weighted by atomic mass is 32.1. The van der Waals surface area contributed by atoms with Gasteiger partial charge in [0.05, 0.1) is 16.0 Å². The molecule has 112 valence electrons. The highest BCUT2D eigenvalue weighted by molar-refractivity contribution is 7.10. The second-order valence-electron chi connectivity index (χ2n) is 4.14. The number of carboxylic acid groups (broad SMARTS) is 1. The van der Waals surface area contributed by atoms with Crippen LogP contribution < -0.4 is 0 Å². The molecule has 0 fully saturated rings. The first-order chi connectivity index (χ1) is 9.71. The van der Waals surface area contributed by atoms with Crippen molar-refractivity contribution < 1.29 is 32.6 Å². The normalized spacial score (nSPS) is 13.2. The van der Waals surface area contributed by atoms with Crippen LogP contribution in [0.25, 0.3) is 0 Å². The van der Waals surface area contributed by atoms with E-state index in [2.05, 4.69) is 0 Å². The van der Waals surface area contributed by atoms with Crippen LogP contribution in [0.15, 0.2) is 29.6 Å². The minimum atomic E-state index is -4.90. The topological polar surface area (TPSA) is 57.5 Å². The van der Waals surface area contributed by atoms with Gasteiger partial charge in [-0.3, -0.25) is 0 Å². The van der Waals surface area contributed by atoms with Gasteiger partial charge in [-0.05, 0) is 29.1 Å². The summed E-state index contributed by atoms with van der Waals surface area (Å²) in [7, 11) is 0.